The molecule has 0 aliphatic carbocycles. The van der Waals surface area contributed by atoms with Crippen LogP contribution in [-0.4, -0.2) is 30.5 Å². The van der Waals surface area contributed by atoms with E-state index in [0.29, 0.717) is 11.4 Å². The average molecular weight is 299 g/mol. The highest BCUT2D eigenvalue weighted by Crippen LogP contribution is 2.33. The number of hydrogen-bond donors (Lipinski definition) is 1. The van der Waals surface area contributed by atoms with Gasteiger partial charge in [-0.2, -0.15) is 0 Å². The first kappa shape index (κ1) is 14.4. The lowest BCUT2D eigenvalue weighted by molar-refractivity contribution is 0.103. The number of ether oxygens (including phenoxy) is 2. The van der Waals surface area contributed by atoms with Crippen LogP contribution in [-0.2, 0) is 11.3 Å². The van der Waals surface area contributed by atoms with Gasteiger partial charge in [-0.25, -0.2) is 4.79 Å². The predicted molar refractivity (Wildman–Crippen MR) is 81.9 cm³/mol. The summed E-state index contributed by atoms with van der Waals surface area (Å²) in [5, 5.41) is 9.32. The monoisotopic (exact) mass is 299 g/mol. The van der Waals surface area contributed by atoms with Crippen LogP contribution in [0.4, 0.5) is 10.5 Å². The highest BCUT2D eigenvalue weighted by molar-refractivity contribution is 5.90. The Morgan fingerprint density at radius 3 is 2.68 bits per heavy atom. The van der Waals surface area contributed by atoms with Crippen LogP contribution in [0.1, 0.15) is 5.56 Å². The molecule has 1 aliphatic rings. The molecular weight excluding hydrogens is 282 g/mol. The molecule has 2 aromatic rings. The van der Waals surface area contributed by atoms with Crippen molar-refractivity contribution in [3.8, 4) is 5.75 Å². The normalized spacial score (nSPS) is 16.6. The molecule has 2 aromatic carbocycles. The van der Waals surface area contributed by atoms with Gasteiger partial charge in [-0.3, -0.25) is 4.90 Å². The molecule has 0 fully saturated rings. The molecule has 114 valence electrons. The Balaban J connectivity index is 1.74. The van der Waals surface area contributed by atoms with E-state index in [0.717, 1.165) is 5.56 Å². The summed E-state index contributed by atoms with van der Waals surface area (Å²) >= 11 is 0. The van der Waals surface area contributed by atoms with E-state index in [9.17, 15) is 9.90 Å². The van der Waals surface area contributed by atoms with Gasteiger partial charge in [-0.15, -0.1) is 0 Å². The van der Waals surface area contributed by atoms with Crippen molar-refractivity contribution in [3.05, 3.63) is 60.2 Å². The van der Waals surface area contributed by atoms with E-state index in [2.05, 4.69) is 0 Å². The fraction of sp³-hybridized carbons (Fsp3) is 0.235. The summed E-state index contributed by atoms with van der Waals surface area (Å²) in [5.74, 6) is 0.574. The van der Waals surface area contributed by atoms with Gasteiger partial charge in [-0.1, -0.05) is 42.5 Å². The quantitative estimate of drug-likeness (QED) is 0.946. The lowest BCUT2D eigenvalue weighted by Gasteiger charge is -2.33. The predicted octanol–water partition coefficient (Wildman–Crippen LogP) is 2.58. The molecule has 0 saturated heterocycles. The third kappa shape index (κ3) is 3.04. The number of carbonyl (C=O) groups is 1. The Hall–Kier alpha value is -2.53. The first-order valence-corrected chi connectivity index (χ1v) is 7.12. The summed E-state index contributed by atoms with van der Waals surface area (Å²) in [7, 11) is 0. The van der Waals surface area contributed by atoms with Crippen LogP contribution in [0.2, 0.25) is 0 Å². The minimum absolute atomic E-state index is 0.156. The lowest BCUT2D eigenvalue weighted by Crippen LogP contribution is -2.45. The summed E-state index contributed by atoms with van der Waals surface area (Å²) in [5.41, 5.74) is 1.58. The van der Waals surface area contributed by atoms with E-state index in [1.165, 1.54) is 4.90 Å². The number of fused-ring (bicyclic) bond motifs is 1. The van der Waals surface area contributed by atoms with Gasteiger partial charge in [0.25, 0.3) is 0 Å². The van der Waals surface area contributed by atoms with Crippen LogP contribution in [0.15, 0.2) is 54.6 Å². The topological polar surface area (TPSA) is 59.0 Å². The van der Waals surface area contributed by atoms with Gasteiger partial charge in [0.15, 0.2) is 0 Å². The maximum atomic E-state index is 12.4. The summed E-state index contributed by atoms with van der Waals surface area (Å²) in [4.78, 5) is 13.9. The molecule has 0 aromatic heterocycles. The van der Waals surface area contributed by atoms with E-state index >= 15 is 0 Å². The number of amides is 1. The number of anilines is 1. The molecule has 1 amide bonds. The Morgan fingerprint density at radius 1 is 1.18 bits per heavy atom. The van der Waals surface area contributed by atoms with Crippen molar-refractivity contribution in [2.24, 2.45) is 0 Å². The zero-order valence-corrected chi connectivity index (χ0v) is 12.0. The third-order valence-electron chi connectivity index (χ3n) is 3.47. The number of nitrogens with zero attached hydrogens (tertiary/aromatic N) is 1. The molecule has 1 heterocycles. The van der Waals surface area contributed by atoms with E-state index in [1.807, 2.05) is 42.5 Å². The smallest absolute Gasteiger partial charge is 0.414 e. The van der Waals surface area contributed by atoms with Crippen LogP contribution < -0.4 is 9.64 Å². The average Bonchev–Trinajstić information content (AvgIpc) is 2.59. The fourth-order valence-electron chi connectivity index (χ4n) is 2.36. The van der Waals surface area contributed by atoms with E-state index in [-0.39, 0.29) is 19.8 Å². The van der Waals surface area contributed by atoms with Gasteiger partial charge < -0.3 is 14.6 Å². The molecule has 0 radical (unpaired) electrons. The number of rotatable bonds is 3. The van der Waals surface area contributed by atoms with E-state index in [4.69, 9.17) is 9.47 Å². The fourth-order valence-corrected chi connectivity index (χ4v) is 2.36. The molecule has 22 heavy (non-hydrogen) atoms. The molecule has 0 unspecified atom stereocenters. The summed E-state index contributed by atoms with van der Waals surface area (Å²) in [6, 6.07) is 16.7. The standard InChI is InChI=1S/C17H17NO4/c19-11-14-10-18(15-8-4-5-9-16(15)22-14)17(20)21-12-13-6-2-1-3-7-13/h1-9,14,19H,10-12H2/t14-/m0/s1. The second-order valence-corrected chi connectivity index (χ2v) is 5.04. The first-order chi connectivity index (χ1) is 10.8. The van der Waals surface area contributed by atoms with Crippen LogP contribution in [0.25, 0.3) is 0 Å². The molecule has 0 saturated carbocycles. The van der Waals surface area contributed by atoms with Crippen LogP contribution in [0.5, 0.6) is 5.75 Å². The van der Waals surface area contributed by atoms with Crippen molar-refractivity contribution < 1.29 is 19.4 Å². The number of hydrogen-bond acceptors (Lipinski definition) is 4. The van der Waals surface area contributed by atoms with Gasteiger partial charge in [-0.05, 0) is 17.7 Å². The van der Waals surface area contributed by atoms with Crippen molar-refractivity contribution in [2.45, 2.75) is 12.7 Å². The van der Waals surface area contributed by atoms with Gasteiger partial charge in [0.2, 0.25) is 0 Å². The second-order valence-electron chi connectivity index (χ2n) is 5.04. The van der Waals surface area contributed by atoms with Gasteiger partial charge in [0, 0.05) is 0 Å². The van der Waals surface area contributed by atoms with E-state index in [1.54, 1.807) is 12.1 Å². The number of aliphatic hydroxyl groups is 1. The molecule has 3 rings (SSSR count). The number of para-hydroxylation sites is 2. The first-order valence-electron chi connectivity index (χ1n) is 7.12. The molecule has 0 spiro atoms. The van der Waals surface area contributed by atoms with Gasteiger partial charge >= 0.3 is 6.09 Å². The van der Waals surface area contributed by atoms with Crippen LogP contribution in [0.3, 0.4) is 0 Å². The maximum absolute atomic E-state index is 12.4. The lowest BCUT2D eigenvalue weighted by atomic mass is 10.2. The largest absolute Gasteiger partial charge is 0.484 e. The minimum Gasteiger partial charge on any atom is -0.484 e. The zero-order chi connectivity index (χ0) is 15.4. The molecule has 5 heteroatoms. The van der Waals surface area contributed by atoms with Crippen LogP contribution in [0, 0.1) is 0 Å². The minimum atomic E-state index is -0.446. The Bertz CT molecular complexity index is 644. The van der Waals surface area contributed by atoms with Gasteiger partial charge in [0.05, 0.1) is 18.8 Å². The maximum Gasteiger partial charge on any atom is 0.414 e. The SMILES string of the molecule is O=C(OCc1ccccc1)N1C[C@@H](CO)Oc2ccccc21. The molecular formula is C17H17NO4. The molecule has 1 N–H and O–H groups in total. The molecule has 5 nitrogen and oxygen atoms in total. The molecule has 1 aliphatic heterocycles. The number of benzene rings is 2. The van der Waals surface area contributed by atoms with Crippen molar-refractivity contribution in [1.29, 1.82) is 0 Å². The summed E-state index contributed by atoms with van der Waals surface area (Å²) in [6.07, 6.45) is -0.891. The van der Waals surface area contributed by atoms with Gasteiger partial charge in [0.1, 0.15) is 18.5 Å². The third-order valence-corrected chi connectivity index (χ3v) is 3.47. The number of aliphatic hydroxyl groups excluding tert-OH is 1. The summed E-state index contributed by atoms with van der Waals surface area (Å²) in [6.45, 7) is 0.320. The van der Waals surface area contributed by atoms with Crippen molar-refractivity contribution in [2.75, 3.05) is 18.1 Å². The Labute approximate surface area is 128 Å². The highest BCUT2D eigenvalue weighted by atomic mass is 16.6. The zero-order valence-electron chi connectivity index (χ0n) is 12.0. The molecule has 1 atom stereocenters. The van der Waals surface area contributed by atoms with E-state index < -0.39 is 12.2 Å². The summed E-state index contributed by atoms with van der Waals surface area (Å²) < 4.78 is 11.0. The Morgan fingerprint density at radius 2 is 1.91 bits per heavy atom. The van der Waals surface area contributed by atoms with Crippen molar-refractivity contribution in [3.63, 3.8) is 0 Å². The number of carbonyl (C=O) groups excluding carboxylic acids is 1. The van der Waals surface area contributed by atoms with Crippen LogP contribution >= 0.6 is 0 Å². The van der Waals surface area contributed by atoms with Crippen molar-refractivity contribution >= 4 is 11.8 Å². The highest BCUT2D eigenvalue weighted by Gasteiger charge is 2.30. The molecule has 0 bridgehead atoms. The Kier molecular flexibility index (Phi) is 4.25. The van der Waals surface area contributed by atoms with Crippen molar-refractivity contribution in [1.82, 2.24) is 0 Å². The second kappa shape index (κ2) is 6.49.